The van der Waals surface area contributed by atoms with E-state index in [1.54, 1.807) is 81.6 Å². The first-order valence-corrected chi connectivity index (χ1v) is 14.6. The van der Waals surface area contributed by atoms with E-state index in [-0.39, 0.29) is 11.3 Å². The van der Waals surface area contributed by atoms with E-state index >= 15 is 0 Å². The van der Waals surface area contributed by atoms with E-state index < -0.39 is 27.9 Å². The number of hydrogen-bond acceptors (Lipinski definition) is 5. The summed E-state index contributed by atoms with van der Waals surface area (Å²) < 4.78 is 35.6. The molecule has 2 amide bonds. The molecule has 210 valence electrons. The molecule has 0 saturated heterocycles. The second-order valence-electron chi connectivity index (χ2n) is 10.1. The topological polar surface area (TPSA) is 96.0 Å². The van der Waals surface area contributed by atoms with Gasteiger partial charge in [0.1, 0.15) is 17.5 Å². The molecule has 1 aliphatic rings. The summed E-state index contributed by atoms with van der Waals surface area (Å²) >= 11 is 0. The molecule has 1 aliphatic heterocycles. The first-order valence-electron chi connectivity index (χ1n) is 13.2. The van der Waals surface area contributed by atoms with Gasteiger partial charge in [-0.05, 0) is 68.3 Å². The highest BCUT2D eigenvalue weighted by atomic mass is 32.2. The maximum Gasteiger partial charge on any atom is 0.265 e. The van der Waals surface area contributed by atoms with E-state index in [1.165, 1.54) is 4.90 Å². The van der Waals surface area contributed by atoms with Gasteiger partial charge in [-0.25, -0.2) is 8.42 Å². The molecular weight excluding hydrogens is 538 g/mol. The van der Waals surface area contributed by atoms with Crippen LogP contribution in [0.4, 0.5) is 17.1 Å². The quantitative estimate of drug-likeness (QED) is 0.296. The number of amides is 2. The van der Waals surface area contributed by atoms with E-state index in [0.717, 1.165) is 9.87 Å². The van der Waals surface area contributed by atoms with Gasteiger partial charge in [0.2, 0.25) is 11.8 Å². The molecule has 1 heterocycles. The summed E-state index contributed by atoms with van der Waals surface area (Å²) in [7, 11) is -2.64. The normalized spacial score (nSPS) is 14.7. The first-order chi connectivity index (χ1) is 19.6. The number of nitrogens with one attached hydrogen (secondary N) is 1. The highest BCUT2D eigenvalue weighted by Crippen LogP contribution is 2.39. The number of nitrogens with zero attached hydrogens (tertiary/aromatic N) is 2. The average molecular weight is 570 g/mol. The van der Waals surface area contributed by atoms with Crippen molar-refractivity contribution in [2.75, 3.05) is 21.6 Å². The fraction of sp³-hybridized carbons (Fsp3) is 0.188. The second-order valence-corrected chi connectivity index (χ2v) is 11.9. The van der Waals surface area contributed by atoms with Crippen molar-refractivity contribution in [3.63, 3.8) is 0 Å². The molecule has 1 N–H and O–H groups in total. The Bertz CT molecular complexity index is 1710. The summed E-state index contributed by atoms with van der Waals surface area (Å²) in [5.74, 6) is 0.183. The van der Waals surface area contributed by atoms with Crippen molar-refractivity contribution in [2.24, 2.45) is 0 Å². The number of fused-ring (bicyclic) bond motifs is 1. The third kappa shape index (κ3) is 5.53. The van der Waals surface area contributed by atoms with Crippen LogP contribution in [-0.4, -0.2) is 33.3 Å². The van der Waals surface area contributed by atoms with Gasteiger partial charge in [0.15, 0.2) is 0 Å². The lowest BCUT2D eigenvalue weighted by Gasteiger charge is -2.37. The number of aryl methyl sites for hydroxylation is 3. The molecule has 0 aromatic heterocycles. The zero-order valence-electron chi connectivity index (χ0n) is 23.3. The van der Waals surface area contributed by atoms with Crippen LogP contribution in [0.25, 0.3) is 0 Å². The van der Waals surface area contributed by atoms with E-state index in [0.29, 0.717) is 39.7 Å². The minimum absolute atomic E-state index is 0.129. The van der Waals surface area contributed by atoms with Crippen molar-refractivity contribution in [2.45, 2.75) is 38.1 Å². The molecule has 9 heteroatoms. The van der Waals surface area contributed by atoms with Gasteiger partial charge in [0.25, 0.3) is 10.0 Å². The van der Waals surface area contributed by atoms with Gasteiger partial charge in [0, 0.05) is 18.8 Å². The summed E-state index contributed by atoms with van der Waals surface area (Å²) in [4.78, 5) is 28.6. The summed E-state index contributed by atoms with van der Waals surface area (Å²) in [5.41, 5.74) is 3.30. The summed E-state index contributed by atoms with van der Waals surface area (Å²) in [5, 5.41) is 2.79. The molecule has 0 saturated carbocycles. The van der Waals surface area contributed by atoms with E-state index in [4.69, 9.17) is 4.74 Å². The lowest BCUT2D eigenvalue weighted by Crippen LogP contribution is -2.53. The zero-order valence-corrected chi connectivity index (χ0v) is 24.1. The van der Waals surface area contributed by atoms with Crippen LogP contribution in [0.3, 0.4) is 0 Å². The van der Waals surface area contributed by atoms with Gasteiger partial charge in [-0.15, -0.1) is 0 Å². The molecule has 41 heavy (non-hydrogen) atoms. The molecular formula is C32H31N3O5S. The van der Waals surface area contributed by atoms with E-state index in [1.807, 2.05) is 37.3 Å². The van der Waals surface area contributed by atoms with Crippen LogP contribution in [0.15, 0.2) is 95.9 Å². The van der Waals surface area contributed by atoms with Crippen molar-refractivity contribution < 1.29 is 22.7 Å². The average Bonchev–Trinajstić information content (AvgIpc) is 2.92. The number of benzene rings is 4. The predicted molar refractivity (Wildman–Crippen MR) is 160 cm³/mol. The van der Waals surface area contributed by atoms with Gasteiger partial charge in [-0.3, -0.25) is 13.9 Å². The smallest absolute Gasteiger partial charge is 0.265 e. The Morgan fingerprint density at radius 2 is 1.51 bits per heavy atom. The number of carbonyl (C=O) groups is 2. The molecule has 1 atom stereocenters. The third-order valence-corrected chi connectivity index (χ3v) is 9.16. The van der Waals surface area contributed by atoms with Crippen LogP contribution in [-0.2, 0) is 19.6 Å². The number of anilines is 3. The molecule has 4 aromatic rings. The largest absolute Gasteiger partial charge is 0.457 e. The number of carbonyl (C=O) groups excluding carboxylic acids is 2. The molecule has 0 radical (unpaired) electrons. The van der Waals surface area contributed by atoms with Gasteiger partial charge >= 0.3 is 0 Å². The van der Waals surface area contributed by atoms with Crippen molar-refractivity contribution in [3.05, 3.63) is 108 Å². The number of sulfonamides is 1. The van der Waals surface area contributed by atoms with E-state index in [2.05, 4.69) is 5.32 Å². The molecule has 5 rings (SSSR count). The first kappa shape index (κ1) is 27.9. The molecule has 1 unspecified atom stereocenters. The Hall–Kier alpha value is -4.63. The highest BCUT2D eigenvalue weighted by molar-refractivity contribution is 7.93. The maximum atomic E-state index is 14.3. The molecule has 8 nitrogen and oxygen atoms in total. The standard InChI is InChI=1S/C32H31N3O5S/c1-21-17-22(2)31(23(3)18-21)41(38,39)35-28-16-9-8-15-27(28)33-32(37)29(35)20-30(36)34(4)24-11-10-14-26(19-24)40-25-12-6-5-7-13-25/h5-19,29H,20H2,1-4H3,(H,33,37). The second kappa shape index (κ2) is 11.1. The fourth-order valence-corrected chi connectivity index (χ4v) is 7.28. The van der Waals surface area contributed by atoms with Crippen LogP contribution in [0.1, 0.15) is 23.1 Å². The molecule has 0 bridgehead atoms. The SMILES string of the molecule is Cc1cc(C)c(S(=O)(=O)N2c3ccccc3NC(=O)C2CC(=O)N(C)c2cccc(Oc3ccccc3)c2)c(C)c1. The monoisotopic (exact) mass is 569 g/mol. The van der Waals surface area contributed by atoms with Crippen molar-refractivity contribution in [1.29, 1.82) is 0 Å². The van der Waals surface area contributed by atoms with Crippen LogP contribution in [0, 0.1) is 20.8 Å². The fourth-order valence-electron chi connectivity index (χ4n) is 5.23. The maximum absolute atomic E-state index is 14.3. The third-order valence-electron chi connectivity index (χ3n) is 7.03. The Balaban J connectivity index is 1.49. The molecule has 0 spiro atoms. The molecule has 4 aromatic carbocycles. The highest BCUT2D eigenvalue weighted by Gasteiger charge is 2.43. The van der Waals surface area contributed by atoms with Crippen molar-refractivity contribution in [1.82, 2.24) is 0 Å². The van der Waals surface area contributed by atoms with Gasteiger partial charge in [-0.1, -0.05) is 54.1 Å². The number of hydrogen-bond donors (Lipinski definition) is 1. The van der Waals surface area contributed by atoms with Crippen LogP contribution >= 0.6 is 0 Å². The van der Waals surface area contributed by atoms with Gasteiger partial charge < -0.3 is 15.0 Å². The summed E-state index contributed by atoms with van der Waals surface area (Å²) in [6.45, 7) is 5.37. The van der Waals surface area contributed by atoms with Crippen LogP contribution in [0.5, 0.6) is 11.5 Å². The zero-order chi connectivity index (χ0) is 29.3. The Morgan fingerprint density at radius 1 is 0.878 bits per heavy atom. The number of ether oxygens (including phenoxy) is 1. The van der Waals surface area contributed by atoms with E-state index in [9.17, 15) is 18.0 Å². The summed E-state index contributed by atoms with van der Waals surface area (Å²) in [6.07, 6.45) is -0.371. The van der Waals surface area contributed by atoms with Crippen molar-refractivity contribution in [3.8, 4) is 11.5 Å². The van der Waals surface area contributed by atoms with Crippen molar-refractivity contribution >= 4 is 38.9 Å². The molecule has 0 fully saturated rings. The minimum atomic E-state index is -4.23. The van der Waals surface area contributed by atoms with Crippen LogP contribution < -0.4 is 19.3 Å². The Kier molecular flexibility index (Phi) is 7.55. The lowest BCUT2D eigenvalue weighted by atomic mass is 10.1. The van der Waals surface area contributed by atoms with Gasteiger partial charge in [-0.2, -0.15) is 0 Å². The number of rotatable bonds is 7. The van der Waals surface area contributed by atoms with Gasteiger partial charge in [0.05, 0.1) is 22.7 Å². The Labute approximate surface area is 240 Å². The minimum Gasteiger partial charge on any atom is -0.457 e. The van der Waals surface area contributed by atoms with Crippen LogP contribution in [0.2, 0.25) is 0 Å². The molecule has 0 aliphatic carbocycles. The Morgan fingerprint density at radius 3 is 2.22 bits per heavy atom. The summed E-state index contributed by atoms with van der Waals surface area (Å²) in [6, 6.07) is 25.3. The lowest BCUT2D eigenvalue weighted by molar-refractivity contribution is -0.123. The predicted octanol–water partition coefficient (Wildman–Crippen LogP) is 5.97. The number of para-hydroxylation sites is 3.